The Bertz CT molecular complexity index is 742. The van der Waals surface area contributed by atoms with E-state index in [1.807, 2.05) is 30.3 Å². The van der Waals surface area contributed by atoms with E-state index < -0.39 is 17.4 Å². The second-order valence-electron chi connectivity index (χ2n) is 5.27. The van der Waals surface area contributed by atoms with E-state index in [0.717, 1.165) is 5.56 Å². The fourth-order valence-corrected chi connectivity index (χ4v) is 4.34. The van der Waals surface area contributed by atoms with Crippen LogP contribution in [0.1, 0.15) is 16.9 Å². The van der Waals surface area contributed by atoms with Gasteiger partial charge in [0.05, 0.1) is 4.47 Å². The van der Waals surface area contributed by atoms with Crippen LogP contribution >= 0.6 is 27.7 Å². The second kappa shape index (κ2) is 6.37. The first-order chi connectivity index (χ1) is 11.0. The van der Waals surface area contributed by atoms with Crippen LogP contribution in [0.2, 0.25) is 0 Å². The van der Waals surface area contributed by atoms with E-state index in [2.05, 4.69) is 31.4 Å². The highest BCUT2D eigenvalue weighted by Gasteiger charge is 2.44. The normalized spacial score (nSPS) is 20.4. The molecular weight excluding hydrogens is 382 g/mol. The van der Waals surface area contributed by atoms with Gasteiger partial charge in [-0.1, -0.05) is 30.3 Å². The van der Waals surface area contributed by atoms with Crippen LogP contribution in [0.4, 0.5) is 0 Å². The highest BCUT2D eigenvalue weighted by atomic mass is 79.9. The molecule has 6 nitrogen and oxygen atoms in total. The van der Waals surface area contributed by atoms with Gasteiger partial charge >= 0.3 is 5.97 Å². The summed E-state index contributed by atoms with van der Waals surface area (Å²) in [5.41, 5.74) is 0.487. The number of aromatic amines is 1. The van der Waals surface area contributed by atoms with E-state index >= 15 is 0 Å². The number of carbonyl (C=O) groups excluding carboxylic acids is 1. The van der Waals surface area contributed by atoms with Crippen LogP contribution in [-0.2, 0) is 4.79 Å². The molecule has 3 rings (SSSR count). The van der Waals surface area contributed by atoms with E-state index in [-0.39, 0.29) is 5.69 Å². The number of thioether (sulfide) groups is 1. The van der Waals surface area contributed by atoms with Crippen molar-refractivity contribution in [2.45, 2.75) is 12.0 Å². The third-order valence-electron chi connectivity index (χ3n) is 3.77. The lowest BCUT2D eigenvalue weighted by Gasteiger charge is -2.24. The summed E-state index contributed by atoms with van der Waals surface area (Å²) in [4.78, 5) is 24.0. The van der Waals surface area contributed by atoms with Gasteiger partial charge in [0.25, 0.3) is 5.91 Å². The third kappa shape index (κ3) is 3.00. The van der Waals surface area contributed by atoms with Crippen molar-refractivity contribution in [1.82, 2.24) is 15.5 Å². The standard InChI is InChI=1S/C15H14BrN3O3S/c16-10-11(9-4-2-1-3-5-9)18-19-12(10)13(20)17-15(14(21)22)6-7-23-8-15/h1-5H,6-8H2,(H,17,20)(H,18,19)(H,21,22). The fourth-order valence-electron chi connectivity index (χ4n) is 2.43. The topological polar surface area (TPSA) is 95.1 Å². The zero-order chi connectivity index (χ0) is 16.4. The van der Waals surface area contributed by atoms with Crippen LogP contribution in [0, 0.1) is 0 Å². The molecule has 0 aliphatic carbocycles. The van der Waals surface area contributed by atoms with Gasteiger partial charge < -0.3 is 10.4 Å². The number of nitrogens with one attached hydrogen (secondary N) is 2. The molecule has 1 unspecified atom stereocenters. The molecule has 2 heterocycles. The average molecular weight is 396 g/mol. The number of hydrogen-bond acceptors (Lipinski definition) is 4. The van der Waals surface area contributed by atoms with Gasteiger partial charge in [0.15, 0.2) is 0 Å². The Labute approximate surface area is 145 Å². The van der Waals surface area contributed by atoms with Crippen molar-refractivity contribution in [1.29, 1.82) is 0 Å². The highest BCUT2D eigenvalue weighted by molar-refractivity contribution is 9.10. The molecule has 1 aromatic heterocycles. The number of rotatable bonds is 4. The number of carboxylic acids is 1. The van der Waals surface area contributed by atoms with Crippen molar-refractivity contribution in [3.05, 3.63) is 40.5 Å². The van der Waals surface area contributed by atoms with Gasteiger partial charge in [0, 0.05) is 11.3 Å². The Hall–Kier alpha value is -1.80. The molecule has 1 aliphatic heterocycles. The third-order valence-corrected chi connectivity index (χ3v) is 5.73. The molecule has 1 fully saturated rings. The van der Waals surface area contributed by atoms with E-state index in [1.54, 1.807) is 0 Å². The van der Waals surface area contributed by atoms with Gasteiger partial charge in [-0.2, -0.15) is 16.9 Å². The molecule has 1 amide bonds. The zero-order valence-corrected chi connectivity index (χ0v) is 14.4. The largest absolute Gasteiger partial charge is 0.479 e. The minimum absolute atomic E-state index is 0.223. The maximum atomic E-state index is 12.5. The molecule has 0 bridgehead atoms. The summed E-state index contributed by atoms with van der Waals surface area (Å²) in [6.07, 6.45) is 0.413. The predicted octanol–water partition coefficient (Wildman–Crippen LogP) is 2.53. The zero-order valence-electron chi connectivity index (χ0n) is 12.0. The Morgan fingerprint density at radius 2 is 2.09 bits per heavy atom. The summed E-state index contributed by atoms with van der Waals surface area (Å²) < 4.78 is 0.521. The number of carbonyl (C=O) groups is 2. The summed E-state index contributed by atoms with van der Waals surface area (Å²) >= 11 is 4.91. The van der Waals surface area contributed by atoms with Crippen LogP contribution in [-0.4, -0.2) is 44.2 Å². The Morgan fingerprint density at radius 1 is 1.35 bits per heavy atom. The van der Waals surface area contributed by atoms with Crippen molar-refractivity contribution in [3.8, 4) is 11.3 Å². The molecule has 0 spiro atoms. The number of hydrogen-bond donors (Lipinski definition) is 3. The molecule has 1 saturated heterocycles. The van der Waals surface area contributed by atoms with Crippen LogP contribution < -0.4 is 5.32 Å². The average Bonchev–Trinajstić information content (AvgIpc) is 3.16. The Morgan fingerprint density at radius 3 is 2.70 bits per heavy atom. The number of aliphatic carboxylic acids is 1. The number of nitrogens with zero attached hydrogens (tertiary/aromatic N) is 1. The molecule has 120 valence electrons. The monoisotopic (exact) mass is 395 g/mol. The van der Waals surface area contributed by atoms with Crippen molar-refractivity contribution in [2.75, 3.05) is 11.5 Å². The minimum Gasteiger partial charge on any atom is -0.479 e. The number of benzene rings is 1. The maximum Gasteiger partial charge on any atom is 0.330 e. The quantitative estimate of drug-likeness (QED) is 0.738. The summed E-state index contributed by atoms with van der Waals surface area (Å²) in [5, 5.41) is 19.0. The molecule has 23 heavy (non-hydrogen) atoms. The SMILES string of the molecule is O=C(NC1(C(=O)O)CCSC1)c1[nH]nc(-c2ccccc2)c1Br. The minimum atomic E-state index is -1.21. The second-order valence-corrected chi connectivity index (χ2v) is 7.17. The van der Waals surface area contributed by atoms with Crippen LogP contribution in [0.3, 0.4) is 0 Å². The first-order valence-corrected chi connectivity index (χ1v) is 8.91. The maximum absolute atomic E-state index is 12.5. The molecule has 1 aliphatic rings. The number of amides is 1. The van der Waals surface area contributed by atoms with Gasteiger partial charge in [-0.25, -0.2) is 4.79 Å². The Kier molecular flexibility index (Phi) is 4.45. The highest BCUT2D eigenvalue weighted by Crippen LogP contribution is 2.31. The first-order valence-electron chi connectivity index (χ1n) is 6.96. The molecule has 1 aromatic carbocycles. The van der Waals surface area contributed by atoms with Gasteiger partial charge in [-0.05, 0) is 28.1 Å². The lowest BCUT2D eigenvalue weighted by Crippen LogP contribution is -2.54. The van der Waals surface area contributed by atoms with E-state index in [4.69, 9.17) is 0 Å². The number of carboxylic acid groups (broad SMARTS) is 1. The first kappa shape index (κ1) is 16.1. The number of H-pyrrole nitrogens is 1. The van der Waals surface area contributed by atoms with Crippen molar-refractivity contribution in [3.63, 3.8) is 0 Å². The summed E-state index contributed by atoms with van der Waals surface area (Å²) in [5.74, 6) is -0.400. The van der Waals surface area contributed by atoms with Gasteiger partial charge in [-0.3, -0.25) is 9.89 Å². The number of aromatic nitrogens is 2. The summed E-state index contributed by atoms with van der Waals surface area (Å²) in [6, 6.07) is 9.42. The fraction of sp³-hybridized carbons (Fsp3) is 0.267. The van der Waals surface area contributed by atoms with Crippen molar-refractivity contribution in [2.24, 2.45) is 0 Å². The molecule has 0 radical (unpaired) electrons. The van der Waals surface area contributed by atoms with Gasteiger partial charge in [-0.15, -0.1) is 0 Å². The molecule has 1 atom stereocenters. The van der Waals surface area contributed by atoms with Crippen molar-refractivity contribution < 1.29 is 14.7 Å². The van der Waals surface area contributed by atoms with Crippen LogP contribution in [0.25, 0.3) is 11.3 Å². The van der Waals surface area contributed by atoms with E-state index in [1.165, 1.54) is 11.8 Å². The van der Waals surface area contributed by atoms with Crippen LogP contribution in [0.15, 0.2) is 34.8 Å². The molecule has 3 N–H and O–H groups in total. The Balaban J connectivity index is 1.86. The lowest BCUT2D eigenvalue weighted by atomic mass is 9.99. The molecule has 2 aromatic rings. The molecular formula is C15H14BrN3O3S. The summed E-state index contributed by atoms with van der Waals surface area (Å²) in [7, 11) is 0. The van der Waals surface area contributed by atoms with Gasteiger partial charge in [0.2, 0.25) is 0 Å². The molecule has 0 saturated carbocycles. The van der Waals surface area contributed by atoms with E-state index in [9.17, 15) is 14.7 Å². The summed E-state index contributed by atoms with van der Waals surface area (Å²) in [6.45, 7) is 0. The van der Waals surface area contributed by atoms with Crippen LogP contribution in [0.5, 0.6) is 0 Å². The van der Waals surface area contributed by atoms with Crippen molar-refractivity contribution >= 4 is 39.6 Å². The number of halogens is 1. The van der Waals surface area contributed by atoms with E-state index in [0.29, 0.717) is 28.1 Å². The lowest BCUT2D eigenvalue weighted by molar-refractivity contribution is -0.143. The van der Waals surface area contributed by atoms with Gasteiger partial charge in [0.1, 0.15) is 16.9 Å². The predicted molar refractivity (Wildman–Crippen MR) is 91.5 cm³/mol. The smallest absolute Gasteiger partial charge is 0.330 e. The molecule has 8 heteroatoms.